The Hall–Kier alpha value is -3.22. The van der Waals surface area contributed by atoms with Crippen molar-refractivity contribution in [3.63, 3.8) is 0 Å². The van der Waals surface area contributed by atoms with E-state index in [4.69, 9.17) is 14.2 Å². The molecular weight excluding hydrogens is 408 g/mol. The van der Waals surface area contributed by atoms with Crippen LogP contribution in [0.3, 0.4) is 0 Å². The third-order valence-corrected chi connectivity index (χ3v) is 5.72. The Bertz CT molecular complexity index is 946. The Labute approximate surface area is 189 Å². The lowest BCUT2D eigenvalue weighted by Crippen LogP contribution is -2.49. The summed E-state index contributed by atoms with van der Waals surface area (Å²) in [6, 6.07) is 12.7. The van der Waals surface area contributed by atoms with E-state index in [1.165, 1.54) is 0 Å². The first-order valence-electron chi connectivity index (χ1n) is 11.0. The van der Waals surface area contributed by atoms with Gasteiger partial charge in [-0.15, -0.1) is 0 Å². The van der Waals surface area contributed by atoms with Crippen LogP contribution in [0.15, 0.2) is 42.5 Å². The quantitative estimate of drug-likeness (QED) is 0.610. The summed E-state index contributed by atoms with van der Waals surface area (Å²) in [7, 11) is 1.61. The van der Waals surface area contributed by atoms with E-state index in [0.717, 1.165) is 23.3 Å². The number of benzene rings is 2. The number of fused-ring (bicyclic) bond motifs is 1. The summed E-state index contributed by atoms with van der Waals surface area (Å²) in [6.07, 6.45) is 1.65. The molecule has 7 nitrogen and oxygen atoms in total. The van der Waals surface area contributed by atoms with Crippen molar-refractivity contribution in [1.29, 1.82) is 0 Å². The standard InChI is InChI=1S/C25H32N2O5/c1-5-17(2)26-25(29)18(3)27(15-20-7-6-8-21(13-20)30-4)24(28)12-10-19-9-11-22-23(14-19)32-16-31-22/h6-9,11,13-14,17-18H,5,10,12,15-16H2,1-4H3,(H,26,29)/t17-,18+/m1/s1. The number of nitrogens with one attached hydrogen (secondary N) is 1. The largest absolute Gasteiger partial charge is 0.497 e. The summed E-state index contributed by atoms with van der Waals surface area (Å²) >= 11 is 0. The van der Waals surface area contributed by atoms with E-state index in [-0.39, 0.29) is 31.1 Å². The highest BCUT2D eigenvalue weighted by Gasteiger charge is 2.27. The fraction of sp³-hybridized carbons (Fsp3) is 0.440. The van der Waals surface area contributed by atoms with E-state index in [9.17, 15) is 9.59 Å². The van der Waals surface area contributed by atoms with E-state index in [2.05, 4.69) is 5.32 Å². The van der Waals surface area contributed by atoms with Gasteiger partial charge in [-0.3, -0.25) is 9.59 Å². The number of rotatable bonds is 10. The van der Waals surface area contributed by atoms with E-state index in [1.54, 1.807) is 18.9 Å². The summed E-state index contributed by atoms with van der Waals surface area (Å²) in [5.74, 6) is 1.89. The molecule has 3 rings (SSSR count). The highest BCUT2D eigenvalue weighted by atomic mass is 16.7. The molecule has 7 heteroatoms. The number of hydrogen-bond donors (Lipinski definition) is 1. The highest BCUT2D eigenvalue weighted by molar-refractivity contribution is 5.87. The maximum absolute atomic E-state index is 13.3. The van der Waals surface area contributed by atoms with Crippen LogP contribution < -0.4 is 19.5 Å². The van der Waals surface area contributed by atoms with E-state index < -0.39 is 6.04 Å². The average Bonchev–Trinajstić information content (AvgIpc) is 3.28. The van der Waals surface area contributed by atoms with Crippen LogP contribution in [0.2, 0.25) is 0 Å². The predicted molar refractivity (Wildman–Crippen MR) is 122 cm³/mol. The molecule has 2 aromatic rings. The number of nitrogens with zero attached hydrogens (tertiary/aromatic N) is 1. The second kappa shape index (κ2) is 10.9. The molecule has 1 N–H and O–H groups in total. The van der Waals surface area contributed by atoms with Crippen molar-refractivity contribution in [2.24, 2.45) is 0 Å². The summed E-state index contributed by atoms with van der Waals surface area (Å²) < 4.78 is 16.1. The minimum absolute atomic E-state index is 0.0485. The highest BCUT2D eigenvalue weighted by Crippen LogP contribution is 2.32. The molecule has 0 spiro atoms. The lowest BCUT2D eigenvalue weighted by Gasteiger charge is -2.30. The number of carbonyl (C=O) groups is 2. The molecule has 0 fully saturated rings. The number of amides is 2. The van der Waals surface area contributed by atoms with Gasteiger partial charge in [-0.05, 0) is 62.1 Å². The number of carbonyl (C=O) groups excluding carboxylic acids is 2. The molecule has 0 radical (unpaired) electrons. The molecule has 0 aliphatic carbocycles. The van der Waals surface area contributed by atoms with Crippen LogP contribution in [-0.2, 0) is 22.6 Å². The Morgan fingerprint density at radius 2 is 1.88 bits per heavy atom. The normalized spacial score (nSPS) is 13.9. The topological polar surface area (TPSA) is 77.1 Å². The first-order valence-corrected chi connectivity index (χ1v) is 11.0. The molecule has 2 atom stereocenters. The number of methoxy groups -OCH3 is 1. The van der Waals surface area contributed by atoms with Gasteiger partial charge in [0.25, 0.3) is 0 Å². The Balaban J connectivity index is 1.73. The van der Waals surface area contributed by atoms with Gasteiger partial charge in [0.05, 0.1) is 7.11 Å². The van der Waals surface area contributed by atoms with E-state index in [1.807, 2.05) is 56.3 Å². The monoisotopic (exact) mass is 440 g/mol. The SMILES string of the molecule is CC[C@@H](C)NC(=O)[C@H](C)N(Cc1cccc(OC)c1)C(=O)CCc1ccc2c(c1)OCO2. The molecule has 2 aromatic carbocycles. The van der Waals surface area contributed by atoms with Crippen molar-refractivity contribution < 1.29 is 23.8 Å². The molecule has 1 aliphatic rings. The maximum atomic E-state index is 13.3. The molecule has 0 unspecified atom stereocenters. The molecule has 0 bridgehead atoms. The van der Waals surface area contributed by atoms with Gasteiger partial charge in [-0.2, -0.15) is 0 Å². The molecule has 0 saturated heterocycles. The number of aryl methyl sites for hydroxylation is 1. The Morgan fingerprint density at radius 3 is 2.62 bits per heavy atom. The lowest BCUT2D eigenvalue weighted by atomic mass is 10.1. The summed E-state index contributed by atoms with van der Waals surface area (Å²) in [5.41, 5.74) is 1.89. The van der Waals surface area contributed by atoms with E-state index >= 15 is 0 Å². The summed E-state index contributed by atoms with van der Waals surface area (Å²) in [6.45, 7) is 6.29. The van der Waals surface area contributed by atoms with E-state index in [0.29, 0.717) is 24.5 Å². The zero-order valence-electron chi connectivity index (χ0n) is 19.2. The number of ether oxygens (including phenoxy) is 3. The first kappa shape index (κ1) is 23.4. The number of hydrogen-bond acceptors (Lipinski definition) is 5. The van der Waals surface area contributed by atoms with Gasteiger partial charge in [0.15, 0.2) is 11.5 Å². The summed E-state index contributed by atoms with van der Waals surface area (Å²) in [4.78, 5) is 27.7. The molecule has 32 heavy (non-hydrogen) atoms. The maximum Gasteiger partial charge on any atom is 0.242 e. The molecule has 1 aliphatic heterocycles. The van der Waals surface area contributed by atoms with Crippen molar-refractivity contribution in [1.82, 2.24) is 10.2 Å². The van der Waals surface area contributed by atoms with Crippen LogP contribution in [-0.4, -0.2) is 42.7 Å². The predicted octanol–water partition coefficient (Wildman–Crippen LogP) is 3.69. The smallest absolute Gasteiger partial charge is 0.242 e. The minimum atomic E-state index is -0.598. The zero-order valence-corrected chi connectivity index (χ0v) is 19.2. The Kier molecular flexibility index (Phi) is 7.98. The van der Waals surface area contributed by atoms with Gasteiger partial charge in [0, 0.05) is 19.0 Å². The van der Waals surface area contributed by atoms with Crippen LogP contribution in [0.4, 0.5) is 0 Å². The van der Waals surface area contributed by atoms with Gasteiger partial charge in [-0.25, -0.2) is 0 Å². The lowest BCUT2D eigenvalue weighted by molar-refractivity contribution is -0.140. The second-order valence-corrected chi connectivity index (χ2v) is 8.05. The van der Waals surface area contributed by atoms with Gasteiger partial charge in [0.1, 0.15) is 11.8 Å². The van der Waals surface area contributed by atoms with Crippen LogP contribution in [0.25, 0.3) is 0 Å². The fourth-order valence-corrected chi connectivity index (χ4v) is 3.51. The van der Waals surface area contributed by atoms with Crippen LogP contribution >= 0.6 is 0 Å². The van der Waals surface area contributed by atoms with Crippen molar-refractivity contribution in [3.8, 4) is 17.2 Å². The minimum Gasteiger partial charge on any atom is -0.497 e. The molecule has 0 aromatic heterocycles. The third-order valence-electron chi connectivity index (χ3n) is 5.72. The van der Waals surface area contributed by atoms with Crippen molar-refractivity contribution in [3.05, 3.63) is 53.6 Å². The van der Waals surface area contributed by atoms with Gasteiger partial charge in [0.2, 0.25) is 18.6 Å². The third kappa shape index (κ3) is 5.93. The zero-order chi connectivity index (χ0) is 23.1. The second-order valence-electron chi connectivity index (χ2n) is 8.05. The average molecular weight is 441 g/mol. The van der Waals surface area contributed by atoms with Gasteiger partial charge >= 0.3 is 0 Å². The molecule has 1 heterocycles. The van der Waals surface area contributed by atoms with Crippen LogP contribution in [0, 0.1) is 0 Å². The van der Waals surface area contributed by atoms with Crippen LogP contribution in [0.5, 0.6) is 17.2 Å². The molecular formula is C25H32N2O5. The van der Waals surface area contributed by atoms with Crippen LogP contribution in [0.1, 0.15) is 44.7 Å². The van der Waals surface area contributed by atoms with Crippen molar-refractivity contribution in [2.45, 2.75) is 58.7 Å². The Morgan fingerprint density at radius 1 is 1.09 bits per heavy atom. The molecule has 2 amide bonds. The van der Waals surface area contributed by atoms with Crippen molar-refractivity contribution >= 4 is 11.8 Å². The summed E-state index contributed by atoms with van der Waals surface area (Å²) in [5, 5.41) is 2.99. The molecule has 172 valence electrons. The first-order chi connectivity index (χ1) is 15.4. The fourth-order valence-electron chi connectivity index (χ4n) is 3.51. The van der Waals surface area contributed by atoms with Crippen molar-refractivity contribution in [2.75, 3.05) is 13.9 Å². The van der Waals surface area contributed by atoms with Gasteiger partial charge in [-0.1, -0.05) is 25.1 Å². The van der Waals surface area contributed by atoms with Gasteiger partial charge < -0.3 is 24.4 Å². The molecule has 0 saturated carbocycles.